The second-order valence-electron chi connectivity index (χ2n) is 4.48. The van der Waals surface area contributed by atoms with E-state index >= 15 is 0 Å². The van der Waals surface area contributed by atoms with Crippen molar-refractivity contribution in [1.29, 1.82) is 0 Å². The predicted molar refractivity (Wildman–Crippen MR) is 60.9 cm³/mol. The highest BCUT2D eigenvalue weighted by Gasteiger charge is 2.24. The van der Waals surface area contributed by atoms with Gasteiger partial charge in [-0.1, -0.05) is 33.8 Å². The van der Waals surface area contributed by atoms with Crippen molar-refractivity contribution in [3.05, 3.63) is 12.7 Å². The van der Waals surface area contributed by atoms with Crippen molar-refractivity contribution in [2.24, 2.45) is 5.41 Å². The molecule has 0 saturated carbocycles. The molecule has 0 rings (SSSR count). The predicted octanol–water partition coefficient (Wildman–Crippen LogP) is 3.37. The maximum Gasteiger partial charge on any atom is 0.0247 e. The summed E-state index contributed by atoms with van der Waals surface area (Å²) in [6.07, 6.45) is 4.32. The van der Waals surface area contributed by atoms with Crippen LogP contribution in [0.15, 0.2) is 12.7 Å². The highest BCUT2D eigenvalue weighted by molar-refractivity contribution is 4.90. The lowest BCUT2D eigenvalue weighted by molar-refractivity contribution is 0.236. The summed E-state index contributed by atoms with van der Waals surface area (Å²) < 4.78 is 0. The van der Waals surface area contributed by atoms with Crippen molar-refractivity contribution in [3.8, 4) is 0 Å². The zero-order chi connectivity index (χ0) is 10.5. The normalized spacial score (nSPS) is 16.7. The average Bonchev–Trinajstić information content (AvgIpc) is 2.13. The first kappa shape index (κ1) is 12.7. The largest absolute Gasteiger partial charge is 0.308 e. The molecule has 1 N–H and O–H groups in total. The summed E-state index contributed by atoms with van der Waals surface area (Å²) in [5, 5.41) is 3.59. The van der Waals surface area contributed by atoms with E-state index < -0.39 is 0 Å². The van der Waals surface area contributed by atoms with Crippen LogP contribution in [0.5, 0.6) is 0 Å². The molecule has 0 aliphatic rings. The third-order valence-corrected chi connectivity index (χ3v) is 3.27. The Hall–Kier alpha value is -0.300. The molecule has 78 valence electrons. The fourth-order valence-electron chi connectivity index (χ4n) is 1.21. The lowest BCUT2D eigenvalue weighted by Gasteiger charge is -2.33. The highest BCUT2D eigenvalue weighted by Crippen LogP contribution is 2.24. The Kier molecular flexibility index (Phi) is 5.31. The molecule has 13 heavy (non-hydrogen) atoms. The second-order valence-corrected chi connectivity index (χ2v) is 4.48. The summed E-state index contributed by atoms with van der Waals surface area (Å²) in [7, 11) is 0. The monoisotopic (exact) mass is 183 g/mol. The van der Waals surface area contributed by atoms with Crippen LogP contribution < -0.4 is 5.32 Å². The Balaban J connectivity index is 4.11. The van der Waals surface area contributed by atoms with Crippen molar-refractivity contribution in [1.82, 2.24) is 5.32 Å². The molecule has 0 aromatic carbocycles. The highest BCUT2D eigenvalue weighted by atomic mass is 15.0. The molecule has 2 unspecified atom stereocenters. The Morgan fingerprint density at radius 2 is 1.92 bits per heavy atom. The third-order valence-electron chi connectivity index (χ3n) is 3.27. The van der Waals surface area contributed by atoms with Gasteiger partial charge in [0.1, 0.15) is 0 Å². The lowest BCUT2D eigenvalue weighted by Crippen LogP contribution is -2.43. The summed E-state index contributed by atoms with van der Waals surface area (Å²) in [5.41, 5.74) is 0.371. The minimum absolute atomic E-state index is 0.371. The van der Waals surface area contributed by atoms with E-state index in [9.17, 15) is 0 Å². The van der Waals surface area contributed by atoms with Crippen LogP contribution in [0.25, 0.3) is 0 Å². The third kappa shape index (κ3) is 3.95. The van der Waals surface area contributed by atoms with Gasteiger partial charge in [0.2, 0.25) is 0 Å². The van der Waals surface area contributed by atoms with Crippen LogP contribution in [0.2, 0.25) is 0 Å². The molecule has 1 nitrogen and oxygen atoms in total. The molecule has 0 aliphatic carbocycles. The van der Waals surface area contributed by atoms with Crippen LogP contribution >= 0.6 is 0 Å². The van der Waals surface area contributed by atoms with Crippen LogP contribution in [-0.2, 0) is 0 Å². The van der Waals surface area contributed by atoms with Crippen LogP contribution in [0.3, 0.4) is 0 Å². The Morgan fingerprint density at radius 3 is 2.23 bits per heavy atom. The molecule has 0 amide bonds. The van der Waals surface area contributed by atoms with E-state index in [2.05, 4.69) is 46.5 Å². The van der Waals surface area contributed by atoms with Crippen molar-refractivity contribution in [3.63, 3.8) is 0 Å². The van der Waals surface area contributed by atoms with E-state index in [1.807, 2.05) is 6.08 Å². The maximum atomic E-state index is 3.83. The first-order chi connectivity index (χ1) is 5.97. The van der Waals surface area contributed by atoms with E-state index in [0.717, 1.165) is 6.42 Å². The van der Waals surface area contributed by atoms with Gasteiger partial charge < -0.3 is 5.32 Å². The lowest BCUT2D eigenvalue weighted by atomic mass is 9.82. The molecular formula is C12H25N. The number of nitrogens with one attached hydrogen (secondary N) is 1. The summed E-state index contributed by atoms with van der Waals surface area (Å²) in [4.78, 5) is 0. The first-order valence-corrected chi connectivity index (χ1v) is 5.36. The summed E-state index contributed by atoms with van der Waals surface area (Å²) in [6.45, 7) is 15.1. The minimum atomic E-state index is 0.371. The van der Waals surface area contributed by atoms with Gasteiger partial charge in [-0.25, -0.2) is 0 Å². The second kappa shape index (κ2) is 5.43. The molecule has 2 atom stereocenters. The average molecular weight is 183 g/mol. The number of hydrogen-bond acceptors (Lipinski definition) is 1. The zero-order valence-electron chi connectivity index (χ0n) is 9.85. The van der Waals surface area contributed by atoms with Crippen molar-refractivity contribution in [2.75, 3.05) is 0 Å². The molecule has 1 heteroatoms. The van der Waals surface area contributed by atoms with Crippen LogP contribution in [0, 0.1) is 5.41 Å². The molecule has 0 aromatic heterocycles. The van der Waals surface area contributed by atoms with Crippen molar-refractivity contribution >= 4 is 0 Å². The molecule has 0 spiro atoms. The van der Waals surface area contributed by atoms with Gasteiger partial charge in [0, 0.05) is 12.1 Å². The Labute approximate surface area is 83.6 Å². The standard InChI is InChI=1S/C12H25N/c1-7-11(8-2)13-10(4)12(5,6)9-3/h7,10-11,13H,1,8-9H2,2-6H3. The van der Waals surface area contributed by atoms with Gasteiger partial charge >= 0.3 is 0 Å². The summed E-state index contributed by atoms with van der Waals surface area (Å²) in [6, 6.07) is 1.00. The van der Waals surface area contributed by atoms with Crippen LogP contribution in [-0.4, -0.2) is 12.1 Å². The van der Waals surface area contributed by atoms with Crippen LogP contribution in [0.4, 0.5) is 0 Å². The molecule has 0 heterocycles. The van der Waals surface area contributed by atoms with Gasteiger partial charge in [-0.2, -0.15) is 0 Å². The van der Waals surface area contributed by atoms with Gasteiger partial charge in [0.05, 0.1) is 0 Å². The van der Waals surface area contributed by atoms with Gasteiger partial charge in [-0.05, 0) is 25.2 Å². The van der Waals surface area contributed by atoms with Gasteiger partial charge in [0.15, 0.2) is 0 Å². The van der Waals surface area contributed by atoms with E-state index in [0.29, 0.717) is 17.5 Å². The van der Waals surface area contributed by atoms with Crippen LogP contribution in [0.1, 0.15) is 47.5 Å². The van der Waals surface area contributed by atoms with E-state index in [1.165, 1.54) is 6.42 Å². The fraction of sp³-hybridized carbons (Fsp3) is 0.833. The minimum Gasteiger partial charge on any atom is -0.308 e. The molecule has 0 fully saturated rings. The zero-order valence-corrected chi connectivity index (χ0v) is 9.85. The van der Waals surface area contributed by atoms with Gasteiger partial charge in [-0.15, -0.1) is 6.58 Å². The van der Waals surface area contributed by atoms with E-state index in [-0.39, 0.29) is 0 Å². The maximum absolute atomic E-state index is 3.83. The molecule has 0 saturated heterocycles. The first-order valence-electron chi connectivity index (χ1n) is 5.36. The molecule has 0 bridgehead atoms. The Morgan fingerprint density at radius 1 is 1.38 bits per heavy atom. The van der Waals surface area contributed by atoms with E-state index in [1.54, 1.807) is 0 Å². The quantitative estimate of drug-likeness (QED) is 0.623. The van der Waals surface area contributed by atoms with Gasteiger partial charge in [-0.3, -0.25) is 0 Å². The number of rotatable bonds is 6. The molecule has 0 aliphatic heterocycles. The van der Waals surface area contributed by atoms with Crippen molar-refractivity contribution in [2.45, 2.75) is 59.5 Å². The van der Waals surface area contributed by atoms with Crippen molar-refractivity contribution < 1.29 is 0 Å². The Bertz CT molecular complexity index is 149. The SMILES string of the molecule is C=CC(CC)NC(C)C(C)(C)CC. The topological polar surface area (TPSA) is 12.0 Å². The molecular weight excluding hydrogens is 158 g/mol. The van der Waals surface area contributed by atoms with Gasteiger partial charge in [0.25, 0.3) is 0 Å². The smallest absolute Gasteiger partial charge is 0.0247 e. The summed E-state index contributed by atoms with van der Waals surface area (Å²) >= 11 is 0. The van der Waals surface area contributed by atoms with E-state index in [4.69, 9.17) is 0 Å². The molecule has 0 radical (unpaired) electrons. The fourth-order valence-corrected chi connectivity index (χ4v) is 1.21. The number of hydrogen-bond donors (Lipinski definition) is 1. The summed E-state index contributed by atoms with van der Waals surface area (Å²) in [5.74, 6) is 0. The molecule has 0 aromatic rings.